The first kappa shape index (κ1) is 81.7. The van der Waals surface area contributed by atoms with Gasteiger partial charge in [0.1, 0.15) is 11.2 Å². The molecule has 0 spiro atoms. The highest BCUT2D eigenvalue weighted by atomic mass is 32.1. The number of fused-ring (bicyclic) bond motifs is 20. The summed E-state index contributed by atoms with van der Waals surface area (Å²) in [6.07, 6.45) is 0. The van der Waals surface area contributed by atoms with E-state index in [-0.39, 0.29) is 0 Å². The summed E-state index contributed by atoms with van der Waals surface area (Å²) in [5, 5.41) is 15.6. The Balaban J connectivity index is 0.000000106. The summed E-state index contributed by atoms with van der Waals surface area (Å²) in [7, 11) is 0. The number of thiophene rings is 3. The molecule has 0 atom stereocenters. The van der Waals surface area contributed by atoms with Gasteiger partial charge in [0.05, 0.1) is 69.8 Å². The van der Waals surface area contributed by atoms with Crippen molar-refractivity contribution < 1.29 is 4.42 Å². The first-order chi connectivity index (χ1) is 69.3. The molecule has 9 nitrogen and oxygen atoms in total. The minimum absolute atomic E-state index is 0.722. The molecular formula is C128H78N8OS3. The predicted molar refractivity (Wildman–Crippen MR) is 590 cm³/mol. The molecule has 0 aliphatic rings. The van der Waals surface area contributed by atoms with Gasteiger partial charge >= 0.3 is 0 Å². The zero-order valence-electron chi connectivity index (χ0n) is 75.2. The Morgan fingerprint density at radius 1 is 0.171 bits per heavy atom. The molecule has 29 aromatic rings. The molecule has 12 heteroatoms. The van der Waals surface area contributed by atoms with Crippen molar-refractivity contribution in [3.8, 4) is 124 Å². The molecule has 0 bridgehead atoms. The third-order valence-electron chi connectivity index (χ3n) is 27.1. The fourth-order valence-electron chi connectivity index (χ4n) is 20.3. The second kappa shape index (κ2) is 34.2. The van der Waals surface area contributed by atoms with Crippen LogP contribution in [-0.2, 0) is 0 Å². The maximum atomic E-state index is 6.20. The first-order valence-electron chi connectivity index (χ1n) is 47.0. The van der Waals surface area contributed by atoms with Gasteiger partial charge in [0.25, 0.3) is 0 Å². The summed E-state index contributed by atoms with van der Waals surface area (Å²) in [4.78, 5) is 31.6. The zero-order chi connectivity index (χ0) is 92.2. The van der Waals surface area contributed by atoms with Gasteiger partial charge in [0.15, 0.2) is 17.5 Å². The highest BCUT2D eigenvalue weighted by Gasteiger charge is 2.25. The van der Waals surface area contributed by atoms with Crippen LogP contribution in [0.1, 0.15) is 0 Å². The van der Waals surface area contributed by atoms with E-state index in [0.717, 1.165) is 159 Å². The van der Waals surface area contributed by atoms with Crippen LogP contribution < -0.4 is 0 Å². The van der Waals surface area contributed by atoms with Crippen molar-refractivity contribution in [2.24, 2.45) is 0 Å². The molecule has 0 saturated heterocycles. The van der Waals surface area contributed by atoms with E-state index < -0.39 is 0 Å². The molecule has 0 radical (unpaired) electrons. The normalized spacial score (nSPS) is 11.7. The third kappa shape index (κ3) is 14.5. The van der Waals surface area contributed by atoms with Gasteiger partial charge in [-0.2, -0.15) is 0 Å². The van der Waals surface area contributed by atoms with Crippen LogP contribution in [0.15, 0.2) is 478 Å². The van der Waals surface area contributed by atoms with Gasteiger partial charge in [0.2, 0.25) is 0 Å². The lowest BCUT2D eigenvalue weighted by molar-refractivity contribution is 0.669. The van der Waals surface area contributed by atoms with Gasteiger partial charge in [-0.3, -0.25) is 0 Å². The monoisotopic (exact) mass is 1840 g/mol. The van der Waals surface area contributed by atoms with Gasteiger partial charge in [-0.05, 0) is 181 Å². The van der Waals surface area contributed by atoms with Crippen LogP contribution in [0.4, 0.5) is 0 Å². The van der Waals surface area contributed by atoms with E-state index in [1.54, 1.807) is 34.0 Å². The van der Waals surface area contributed by atoms with Crippen LogP contribution >= 0.6 is 34.0 Å². The van der Waals surface area contributed by atoms with Crippen molar-refractivity contribution in [3.63, 3.8) is 0 Å². The summed E-state index contributed by atoms with van der Waals surface area (Å²) in [5.41, 5.74) is 30.3. The van der Waals surface area contributed by atoms with E-state index in [4.69, 9.17) is 34.3 Å². The maximum absolute atomic E-state index is 6.20. The minimum atomic E-state index is 0.722. The zero-order valence-corrected chi connectivity index (χ0v) is 77.7. The molecule has 0 saturated carbocycles. The number of furan rings is 1. The van der Waals surface area contributed by atoms with Crippen LogP contribution in [0.2, 0.25) is 0 Å². The molecule has 140 heavy (non-hydrogen) atoms. The number of hydrogen-bond donors (Lipinski definition) is 0. The fourth-order valence-corrected chi connectivity index (χ4v) is 23.9. The molecule has 0 aliphatic heterocycles. The van der Waals surface area contributed by atoms with Crippen LogP contribution in [0.3, 0.4) is 0 Å². The number of para-hydroxylation sites is 5. The Kier molecular flexibility index (Phi) is 20.0. The maximum Gasteiger partial charge on any atom is 0.160 e. The number of nitrogens with zero attached hydrogens (tertiary/aromatic N) is 8. The standard InChI is InChI=1S/2C44H27N3S.C40H24N2OS/c1-2-11-28(12-3-1)31-23-24-37-40(27-31)48-43-41(32-22-21-29-13-4-5-14-30(29)25-32)45-44(46-42(37)43)33-15-10-16-34(26-33)47-38-19-8-6-17-35(38)36-18-7-9-20-39(36)47;1-2-10-28(11-3-1)32-22-25-37-40(27-32)48-43-41(33-19-18-29-12-4-5-13-31(29)26-33)45-44(46-42(37)43)30-20-23-34(24-21-30)47-38-16-8-6-14-35(38)36-15-7-9-17-39(36)47;1-3-10-25(11-4-1)27-14-9-15-30(22-27)37-39-38(42-40(41-37)26-12-5-2-6-13-26)33-21-19-29(24-36(33)44-39)28-18-20-32-31-16-7-8-17-34(31)43-35(32)23-28/h2*1-27H;1-24H. The Morgan fingerprint density at radius 2 is 0.479 bits per heavy atom. The predicted octanol–water partition coefficient (Wildman–Crippen LogP) is 35.6. The summed E-state index contributed by atoms with van der Waals surface area (Å²) < 4.78 is 17.8. The number of aromatic nitrogens is 8. The van der Waals surface area contributed by atoms with E-state index in [1.165, 1.54) is 113 Å². The second-order valence-electron chi connectivity index (χ2n) is 35.5. The Labute approximate surface area is 816 Å². The van der Waals surface area contributed by atoms with Crippen molar-refractivity contribution in [1.82, 2.24) is 39.0 Å². The van der Waals surface area contributed by atoms with Gasteiger partial charge in [-0.1, -0.05) is 358 Å². The van der Waals surface area contributed by atoms with Crippen LogP contribution in [0.5, 0.6) is 0 Å². The summed E-state index contributed by atoms with van der Waals surface area (Å²) in [6, 6.07) is 168. The summed E-state index contributed by atoms with van der Waals surface area (Å²) >= 11 is 5.31. The molecule has 0 N–H and O–H groups in total. The van der Waals surface area contributed by atoms with E-state index in [0.29, 0.717) is 0 Å². The van der Waals surface area contributed by atoms with Crippen molar-refractivity contribution in [1.29, 1.82) is 0 Å². The molecule has 654 valence electrons. The highest BCUT2D eigenvalue weighted by molar-refractivity contribution is 7.27. The van der Waals surface area contributed by atoms with Crippen LogP contribution in [0, 0.1) is 0 Å². The quantitative estimate of drug-likeness (QED) is 0.120. The van der Waals surface area contributed by atoms with E-state index in [2.05, 4.69) is 446 Å². The average molecular weight is 1840 g/mol. The Bertz CT molecular complexity index is 9870. The van der Waals surface area contributed by atoms with Crippen molar-refractivity contribution in [2.75, 3.05) is 0 Å². The van der Waals surface area contributed by atoms with Crippen molar-refractivity contribution in [3.05, 3.63) is 473 Å². The number of hydrogen-bond acceptors (Lipinski definition) is 10. The highest BCUT2D eigenvalue weighted by Crippen LogP contribution is 2.48. The molecule has 9 aromatic heterocycles. The summed E-state index contributed by atoms with van der Waals surface area (Å²) in [6.45, 7) is 0. The number of rotatable bonds is 12. The lowest BCUT2D eigenvalue weighted by atomic mass is 10.0. The molecule has 20 aromatic carbocycles. The number of benzene rings is 20. The van der Waals surface area contributed by atoms with Crippen LogP contribution in [-0.4, -0.2) is 39.0 Å². The average Bonchev–Trinajstić information content (AvgIpc) is 1.59. The minimum Gasteiger partial charge on any atom is -0.456 e. The van der Waals surface area contributed by atoms with E-state index in [9.17, 15) is 0 Å². The second-order valence-corrected chi connectivity index (χ2v) is 38.6. The van der Waals surface area contributed by atoms with E-state index in [1.807, 2.05) is 36.4 Å². The van der Waals surface area contributed by atoms with Gasteiger partial charge in [-0.25, -0.2) is 29.9 Å². The van der Waals surface area contributed by atoms with Gasteiger partial charge in [0, 0.05) is 107 Å². The third-order valence-corrected chi connectivity index (χ3v) is 30.5. The Morgan fingerprint density at radius 3 is 0.943 bits per heavy atom. The lowest BCUT2D eigenvalue weighted by Gasteiger charge is -2.11. The fraction of sp³-hybridized carbons (Fsp3) is 0. The molecule has 0 unspecified atom stereocenters. The SMILES string of the molecule is c1ccc(-c2ccc3c(c2)sc2c(-c4ccc5ccccc5c4)nc(-c4ccc(-n5c6ccccc6c6ccccc65)cc4)nc23)cc1.c1ccc(-c2ccc3c(c2)sc2c(-c4ccc5ccccc5c4)nc(-c4cccc(-n5c6ccccc6c6ccccc65)c4)nc23)cc1.c1ccc(-c2cccc(-c3nc(-c4ccccc4)nc4c3sc3cc(-c5ccc6c(c5)oc5ccccc56)ccc34)c2)cc1. The molecule has 0 amide bonds. The van der Waals surface area contributed by atoms with Crippen molar-refractivity contribution >= 4 is 182 Å². The summed E-state index contributed by atoms with van der Waals surface area (Å²) in [5.74, 6) is 2.18. The smallest absolute Gasteiger partial charge is 0.160 e. The van der Waals surface area contributed by atoms with E-state index >= 15 is 0 Å². The molecule has 0 aliphatic carbocycles. The van der Waals surface area contributed by atoms with Crippen molar-refractivity contribution in [2.45, 2.75) is 0 Å². The molecule has 9 heterocycles. The first-order valence-corrected chi connectivity index (χ1v) is 49.4. The Hall–Kier alpha value is -17.8. The molecule has 29 rings (SSSR count). The van der Waals surface area contributed by atoms with Crippen LogP contribution in [0.25, 0.3) is 272 Å². The largest absolute Gasteiger partial charge is 0.456 e. The molecular weight excluding hydrogens is 1760 g/mol. The van der Waals surface area contributed by atoms with Gasteiger partial charge in [-0.15, -0.1) is 34.0 Å². The van der Waals surface area contributed by atoms with Gasteiger partial charge < -0.3 is 13.6 Å². The lowest BCUT2D eigenvalue weighted by Crippen LogP contribution is -1.97. The topological polar surface area (TPSA) is 100 Å². The molecule has 0 fully saturated rings.